The van der Waals surface area contributed by atoms with Gasteiger partial charge in [-0.15, -0.1) is 20.4 Å². The van der Waals surface area contributed by atoms with E-state index in [1.807, 2.05) is 54.9 Å². The Labute approximate surface area is 162 Å². The van der Waals surface area contributed by atoms with Crippen LogP contribution in [0.3, 0.4) is 0 Å². The molecule has 0 amide bonds. The van der Waals surface area contributed by atoms with Crippen LogP contribution in [0.15, 0.2) is 48.5 Å². The summed E-state index contributed by atoms with van der Waals surface area (Å²) in [6.07, 6.45) is 0. The molecule has 0 unspecified atom stereocenters. The topological polar surface area (TPSA) is 77.5 Å². The summed E-state index contributed by atoms with van der Waals surface area (Å²) < 4.78 is 3.99. The molecule has 5 rings (SSSR count). The monoisotopic (exact) mass is 372 g/mol. The molecule has 8 nitrogen and oxygen atoms in total. The minimum atomic E-state index is 0.660. The fourth-order valence-electron chi connectivity index (χ4n) is 3.61. The third-order valence-corrected chi connectivity index (χ3v) is 4.97. The first-order valence-corrected chi connectivity index (χ1v) is 9.29. The summed E-state index contributed by atoms with van der Waals surface area (Å²) >= 11 is 0. The Morgan fingerprint density at radius 1 is 0.821 bits per heavy atom. The molecule has 0 saturated carbocycles. The van der Waals surface area contributed by atoms with Crippen LogP contribution >= 0.6 is 0 Å². The minimum Gasteiger partial charge on any atom is -0.346 e. The third kappa shape index (κ3) is 2.83. The number of aromatic nitrogens is 7. The fraction of sp³-hybridized carbons (Fsp3) is 0.250. The van der Waals surface area contributed by atoms with E-state index in [1.54, 1.807) is 0 Å². The number of fused-ring (bicyclic) bond motifs is 1. The van der Waals surface area contributed by atoms with E-state index in [0.29, 0.717) is 6.54 Å². The summed E-state index contributed by atoms with van der Waals surface area (Å²) in [5.41, 5.74) is 3.09. The first-order chi connectivity index (χ1) is 13.7. The SMILES string of the molecule is Cc1cc(C)n(-c2ccc(N3CCn4c(nnc4-c4ccccc4)C3)nn2)n1. The normalized spacial score (nSPS) is 13.6. The van der Waals surface area contributed by atoms with Crippen LogP contribution in [0.4, 0.5) is 5.82 Å². The number of hydrogen-bond acceptors (Lipinski definition) is 6. The number of hydrogen-bond donors (Lipinski definition) is 0. The molecule has 0 radical (unpaired) electrons. The van der Waals surface area contributed by atoms with Crippen molar-refractivity contribution in [3.8, 4) is 17.2 Å². The van der Waals surface area contributed by atoms with Gasteiger partial charge in [0, 0.05) is 24.3 Å². The van der Waals surface area contributed by atoms with Crippen molar-refractivity contribution in [3.63, 3.8) is 0 Å². The predicted octanol–water partition coefficient (Wildman–Crippen LogP) is 2.56. The van der Waals surface area contributed by atoms with Gasteiger partial charge in [-0.2, -0.15) is 5.10 Å². The summed E-state index contributed by atoms with van der Waals surface area (Å²) in [7, 11) is 0. The van der Waals surface area contributed by atoms with Crippen molar-refractivity contribution in [1.82, 2.24) is 34.7 Å². The van der Waals surface area contributed by atoms with Gasteiger partial charge in [0.15, 0.2) is 23.3 Å². The van der Waals surface area contributed by atoms with Gasteiger partial charge in [-0.25, -0.2) is 4.68 Å². The molecule has 0 aliphatic carbocycles. The van der Waals surface area contributed by atoms with E-state index in [1.165, 1.54) is 0 Å². The lowest BCUT2D eigenvalue weighted by Gasteiger charge is -2.28. The number of nitrogens with zero attached hydrogens (tertiary/aromatic N) is 8. The molecule has 1 aromatic carbocycles. The maximum Gasteiger partial charge on any atom is 0.176 e. The van der Waals surface area contributed by atoms with Gasteiger partial charge in [-0.05, 0) is 32.0 Å². The zero-order valence-electron chi connectivity index (χ0n) is 15.8. The van der Waals surface area contributed by atoms with Gasteiger partial charge < -0.3 is 9.47 Å². The van der Waals surface area contributed by atoms with E-state index in [0.717, 1.165) is 53.3 Å². The van der Waals surface area contributed by atoms with E-state index in [-0.39, 0.29) is 0 Å². The Kier molecular flexibility index (Phi) is 3.89. The molecule has 8 heteroatoms. The molecule has 4 aromatic rings. The average molecular weight is 372 g/mol. The molecule has 0 fully saturated rings. The summed E-state index contributed by atoms with van der Waals surface area (Å²) in [5.74, 6) is 3.41. The number of aryl methyl sites for hydroxylation is 2. The molecule has 140 valence electrons. The van der Waals surface area contributed by atoms with Crippen molar-refractivity contribution in [2.45, 2.75) is 26.9 Å². The van der Waals surface area contributed by atoms with Crippen molar-refractivity contribution in [2.24, 2.45) is 0 Å². The quantitative estimate of drug-likeness (QED) is 0.550. The molecule has 28 heavy (non-hydrogen) atoms. The molecule has 0 bridgehead atoms. The van der Waals surface area contributed by atoms with E-state index >= 15 is 0 Å². The Hall–Kier alpha value is -3.55. The molecular weight excluding hydrogens is 352 g/mol. The molecule has 1 aliphatic rings. The van der Waals surface area contributed by atoms with Gasteiger partial charge in [-0.1, -0.05) is 30.3 Å². The number of rotatable bonds is 3. The van der Waals surface area contributed by atoms with E-state index in [2.05, 4.69) is 47.1 Å². The van der Waals surface area contributed by atoms with Gasteiger partial charge in [-0.3, -0.25) is 0 Å². The van der Waals surface area contributed by atoms with Crippen molar-refractivity contribution >= 4 is 5.82 Å². The molecular formula is C20H20N8. The molecule has 0 saturated heterocycles. The zero-order chi connectivity index (χ0) is 19.1. The molecule has 1 aliphatic heterocycles. The van der Waals surface area contributed by atoms with Crippen LogP contribution in [0.5, 0.6) is 0 Å². The van der Waals surface area contributed by atoms with Gasteiger partial charge in [0.1, 0.15) is 0 Å². The first kappa shape index (κ1) is 16.6. The third-order valence-electron chi connectivity index (χ3n) is 4.97. The summed E-state index contributed by atoms with van der Waals surface area (Å²) in [5, 5.41) is 22.1. The first-order valence-electron chi connectivity index (χ1n) is 9.29. The van der Waals surface area contributed by atoms with Gasteiger partial charge in [0.25, 0.3) is 0 Å². The standard InChI is InChI=1S/C20H20N8/c1-14-12-15(2)28(25-14)18-9-8-17(21-22-18)26-10-11-27-19(13-26)23-24-20(27)16-6-4-3-5-7-16/h3-9,12H,10-11,13H2,1-2H3. The van der Waals surface area contributed by atoms with E-state index < -0.39 is 0 Å². The van der Waals surface area contributed by atoms with Gasteiger partial charge in [0.2, 0.25) is 0 Å². The van der Waals surface area contributed by atoms with Crippen LogP contribution in [0, 0.1) is 13.8 Å². The average Bonchev–Trinajstić information content (AvgIpc) is 3.30. The van der Waals surface area contributed by atoms with Gasteiger partial charge >= 0.3 is 0 Å². The van der Waals surface area contributed by atoms with Crippen LogP contribution < -0.4 is 4.90 Å². The molecule has 3 aromatic heterocycles. The van der Waals surface area contributed by atoms with Crippen molar-refractivity contribution in [3.05, 3.63) is 65.7 Å². The molecule has 0 spiro atoms. The highest BCUT2D eigenvalue weighted by atomic mass is 15.4. The lowest BCUT2D eigenvalue weighted by molar-refractivity contribution is 0.557. The largest absolute Gasteiger partial charge is 0.346 e. The molecule has 0 atom stereocenters. The second-order valence-electron chi connectivity index (χ2n) is 6.97. The van der Waals surface area contributed by atoms with Crippen molar-refractivity contribution in [1.29, 1.82) is 0 Å². The Morgan fingerprint density at radius 3 is 2.32 bits per heavy atom. The minimum absolute atomic E-state index is 0.660. The highest BCUT2D eigenvalue weighted by molar-refractivity contribution is 5.55. The van der Waals surface area contributed by atoms with Crippen molar-refractivity contribution < 1.29 is 0 Å². The summed E-state index contributed by atoms with van der Waals surface area (Å²) in [6.45, 7) is 6.29. The highest BCUT2D eigenvalue weighted by Gasteiger charge is 2.23. The summed E-state index contributed by atoms with van der Waals surface area (Å²) in [4.78, 5) is 2.18. The molecule has 4 heterocycles. The van der Waals surface area contributed by atoms with Crippen LogP contribution in [-0.2, 0) is 13.1 Å². The summed E-state index contributed by atoms with van der Waals surface area (Å²) in [6, 6.07) is 16.1. The maximum atomic E-state index is 4.46. The Balaban J connectivity index is 1.38. The van der Waals surface area contributed by atoms with Gasteiger partial charge in [0.05, 0.1) is 12.2 Å². The predicted molar refractivity (Wildman–Crippen MR) is 105 cm³/mol. The van der Waals surface area contributed by atoms with E-state index in [9.17, 15) is 0 Å². The lowest BCUT2D eigenvalue weighted by atomic mass is 10.2. The Bertz CT molecular complexity index is 1110. The second-order valence-corrected chi connectivity index (χ2v) is 6.97. The highest BCUT2D eigenvalue weighted by Crippen LogP contribution is 2.24. The van der Waals surface area contributed by atoms with E-state index in [4.69, 9.17) is 0 Å². The van der Waals surface area contributed by atoms with Crippen LogP contribution in [0.25, 0.3) is 17.2 Å². The zero-order valence-corrected chi connectivity index (χ0v) is 15.8. The van der Waals surface area contributed by atoms with Crippen LogP contribution in [0.1, 0.15) is 17.2 Å². The number of benzene rings is 1. The second kappa shape index (κ2) is 6.56. The Morgan fingerprint density at radius 2 is 1.61 bits per heavy atom. The smallest absolute Gasteiger partial charge is 0.176 e. The van der Waals surface area contributed by atoms with Crippen molar-refractivity contribution in [2.75, 3.05) is 11.4 Å². The molecule has 0 N–H and O–H groups in total. The number of anilines is 1. The maximum absolute atomic E-state index is 4.46. The lowest BCUT2D eigenvalue weighted by Crippen LogP contribution is -2.34. The van der Waals surface area contributed by atoms with Crippen LogP contribution in [-0.4, -0.2) is 41.3 Å². The van der Waals surface area contributed by atoms with Crippen LogP contribution in [0.2, 0.25) is 0 Å². The fourth-order valence-corrected chi connectivity index (χ4v) is 3.61.